The highest BCUT2D eigenvalue weighted by Crippen LogP contribution is 2.26. The SMILES string of the molecule is COc1ccc(N2CCN(c3cc(C)nc(SCc4cccc(C(=O)N5CCN(C)CC5)c4)n3)CC2)cc1. The van der Waals surface area contributed by atoms with Crippen molar-refractivity contribution in [2.45, 2.75) is 17.8 Å². The van der Waals surface area contributed by atoms with Gasteiger partial charge in [0.1, 0.15) is 11.6 Å². The van der Waals surface area contributed by atoms with E-state index in [1.165, 1.54) is 5.69 Å². The van der Waals surface area contributed by atoms with Gasteiger partial charge in [0.05, 0.1) is 7.11 Å². The van der Waals surface area contributed by atoms with Crippen molar-refractivity contribution in [3.8, 4) is 5.75 Å². The fourth-order valence-corrected chi connectivity index (χ4v) is 5.71. The summed E-state index contributed by atoms with van der Waals surface area (Å²) in [5.41, 5.74) is 4.05. The smallest absolute Gasteiger partial charge is 0.253 e. The second kappa shape index (κ2) is 12.0. The van der Waals surface area contributed by atoms with Gasteiger partial charge in [-0.1, -0.05) is 23.9 Å². The molecule has 9 heteroatoms. The molecule has 2 saturated heterocycles. The van der Waals surface area contributed by atoms with Crippen LogP contribution in [0.1, 0.15) is 21.6 Å². The number of piperazine rings is 2. The number of carbonyl (C=O) groups excluding carboxylic acids is 1. The average molecular weight is 533 g/mol. The van der Waals surface area contributed by atoms with Crippen LogP contribution >= 0.6 is 11.8 Å². The summed E-state index contributed by atoms with van der Waals surface area (Å²) in [6.45, 7) is 9.11. The number of benzene rings is 2. The summed E-state index contributed by atoms with van der Waals surface area (Å²) in [6.07, 6.45) is 0. The first kappa shape index (κ1) is 26.3. The minimum Gasteiger partial charge on any atom is -0.497 e. The van der Waals surface area contributed by atoms with Crippen LogP contribution in [0.5, 0.6) is 5.75 Å². The highest BCUT2D eigenvalue weighted by atomic mass is 32.2. The van der Waals surface area contributed by atoms with Crippen LogP contribution in [-0.2, 0) is 5.75 Å². The molecular weight excluding hydrogens is 496 g/mol. The second-order valence-corrected chi connectivity index (χ2v) is 10.8. The molecule has 1 amide bonds. The molecule has 0 N–H and O–H groups in total. The Hall–Kier alpha value is -3.30. The largest absolute Gasteiger partial charge is 0.497 e. The first-order valence-electron chi connectivity index (χ1n) is 13.2. The van der Waals surface area contributed by atoms with Gasteiger partial charge in [0, 0.05) is 81.1 Å². The Morgan fingerprint density at radius 1 is 0.895 bits per heavy atom. The summed E-state index contributed by atoms with van der Waals surface area (Å²) in [4.78, 5) is 31.5. The van der Waals surface area contributed by atoms with Gasteiger partial charge in [-0.05, 0) is 55.9 Å². The Balaban J connectivity index is 1.19. The summed E-state index contributed by atoms with van der Waals surface area (Å²) in [5, 5.41) is 0.772. The lowest BCUT2D eigenvalue weighted by atomic mass is 10.1. The first-order chi connectivity index (χ1) is 18.5. The Labute approximate surface area is 229 Å². The van der Waals surface area contributed by atoms with Gasteiger partial charge < -0.3 is 24.3 Å². The van der Waals surface area contributed by atoms with E-state index in [-0.39, 0.29) is 5.91 Å². The van der Waals surface area contributed by atoms with E-state index in [0.29, 0.717) is 0 Å². The van der Waals surface area contributed by atoms with Crippen molar-refractivity contribution < 1.29 is 9.53 Å². The van der Waals surface area contributed by atoms with E-state index in [4.69, 9.17) is 9.72 Å². The molecule has 1 aromatic heterocycles. The molecule has 0 bridgehead atoms. The van der Waals surface area contributed by atoms with Crippen molar-refractivity contribution in [1.82, 2.24) is 19.8 Å². The zero-order valence-corrected chi connectivity index (χ0v) is 23.3. The molecule has 0 aliphatic carbocycles. The molecule has 0 radical (unpaired) electrons. The third-order valence-electron chi connectivity index (χ3n) is 7.19. The van der Waals surface area contributed by atoms with Gasteiger partial charge in [0.2, 0.25) is 0 Å². The van der Waals surface area contributed by atoms with Gasteiger partial charge >= 0.3 is 0 Å². The van der Waals surface area contributed by atoms with Gasteiger partial charge in [0.25, 0.3) is 5.91 Å². The van der Waals surface area contributed by atoms with Crippen molar-refractivity contribution >= 4 is 29.2 Å². The van der Waals surface area contributed by atoms with Crippen LogP contribution in [0.15, 0.2) is 59.8 Å². The Bertz CT molecular complexity index is 1240. The van der Waals surface area contributed by atoms with Crippen LogP contribution in [0.4, 0.5) is 11.5 Å². The van der Waals surface area contributed by atoms with Crippen LogP contribution in [0, 0.1) is 6.92 Å². The number of thioether (sulfide) groups is 1. The third-order valence-corrected chi connectivity index (χ3v) is 8.11. The van der Waals surface area contributed by atoms with Gasteiger partial charge in [-0.25, -0.2) is 9.97 Å². The quantitative estimate of drug-likeness (QED) is 0.336. The fourth-order valence-electron chi connectivity index (χ4n) is 4.87. The van der Waals surface area contributed by atoms with E-state index in [2.05, 4.69) is 51.0 Å². The highest BCUT2D eigenvalue weighted by Gasteiger charge is 2.21. The number of hydrogen-bond acceptors (Lipinski definition) is 8. The standard InChI is InChI=1S/C29H36N6O2S/c1-22-19-27(34-17-15-33(16-18-34)25-7-9-26(37-3)10-8-25)31-29(30-22)38-21-23-5-4-6-24(20-23)28(36)35-13-11-32(2)12-14-35/h4-10,19-20H,11-18,21H2,1-3H3. The summed E-state index contributed by atoms with van der Waals surface area (Å²) in [7, 11) is 3.79. The van der Waals surface area contributed by atoms with E-state index in [9.17, 15) is 4.79 Å². The molecule has 0 atom stereocenters. The van der Waals surface area contributed by atoms with E-state index < -0.39 is 0 Å². The van der Waals surface area contributed by atoms with Crippen LogP contribution in [0.25, 0.3) is 0 Å². The molecule has 8 nitrogen and oxygen atoms in total. The molecule has 0 unspecified atom stereocenters. The second-order valence-electron chi connectivity index (χ2n) is 9.91. The molecule has 3 aromatic rings. The number of aryl methyl sites for hydroxylation is 1. The predicted molar refractivity (Wildman–Crippen MR) is 154 cm³/mol. The lowest BCUT2D eigenvalue weighted by Gasteiger charge is -2.36. The van der Waals surface area contributed by atoms with E-state index in [1.54, 1.807) is 18.9 Å². The lowest BCUT2D eigenvalue weighted by Crippen LogP contribution is -2.47. The molecule has 38 heavy (non-hydrogen) atoms. The van der Waals surface area contributed by atoms with Crippen molar-refractivity contribution in [3.63, 3.8) is 0 Å². The van der Waals surface area contributed by atoms with Crippen LogP contribution in [0.3, 0.4) is 0 Å². The average Bonchev–Trinajstić information content (AvgIpc) is 2.96. The van der Waals surface area contributed by atoms with E-state index in [0.717, 1.165) is 91.7 Å². The zero-order valence-electron chi connectivity index (χ0n) is 22.5. The van der Waals surface area contributed by atoms with Crippen molar-refractivity contribution in [2.24, 2.45) is 0 Å². The van der Waals surface area contributed by atoms with Gasteiger partial charge in [-0.3, -0.25) is 4.79 Å². The molecule has 2 aliphatic rings. The predicted octanol–water partition coefficient (Wildman–Crippen LogP) is 3.80. The fraction of sp³-hybridized carbons (Fsp3) is 0.414. The monoisotopic (exact) mass is 532 g/mol. The van der Waals surface area contributed by atoms with E-state index in [1.807, 2.05) is 42.2 Å². The third kappa shape index (κ3) is 6.39. The molecule has 0 saturated carbocycles. The summed E-state index contributed by atoms with van der Waals surface area (Å²) >= 11 is 1.62. The topological polar surface area (TPSA) is 65.0 Å². The maximum Gasteiger partial charge on any atom is 0.253 e. The van der Waals surface area contributed by atoms with Crippen molar-refractivity contribution in [1.29, 1.82) is 0 Å². The Morgan fingerprint density at radius 3 is 2.32 bits per heavy atom. The van der Waals surface area contributed by atoms with Gasteiger partial charge in [-0.2, -0.15) is 0 Å². The van der Waals surface area contributed by atoms with Crippen LogP contribution < -0.4 is 14.5 Å². The number of ether oxygens (including phenoxy) is 1. The summed E-state index contributed by atoms with van der Waals surface area (Å²) < 4.78 is 5.29. The maximum atomic E-state index is 13.0. The number of hydrogen-bond donors (Lipinski definition) is 0. The molecule has 0 spiro atoms. The van der Waals surface area contributed by atoms with Gasteiger partial charge in [-0.15, -0.1) is 0 Å². The number of aromatic nitrogens is 2. The molecular formula is C29H36N6O2S. The number of methoxy groups -OCH3 is 1. The minimum absolute atomic E-state index is 0.118. The van der Waals surface area contributed by atoms with E-state index >= 15 is 0 Å². The molecule has 2 aliphatic heterocycles. The normalized spacial score (nSPS) is 16.6. The molecule has 5 rings (SSSR count). The molecule has 2 aromatic carbocycles. The number of carbonyl (C=O) groups is 1. The number of amides is 1. The molecule has 200 valence electrons. The highest BCUT2D eigenvalue weighted by molar-refractivity contribution is 7.98. The van der Waals surface area contributed by atoms with Crippen LogP contribution in [0.2, 0.25) is 0 Å². The Morgan fingerprint density at radius 2 is 1.61 bits per heavy atom. The maximum absolute atomic E-state index is 13.0. The number of nitrogens with zero attached hydrogens (tertiary/aromatic N) is 6. The number of likely N-dealkylation sites (N-methyl/N-ethyl adjacent to an activating group) is 1. The van der Waals surface area contributed by atoms with Crippen molar-refractivity contribution in [2.75, 3.05) is 76.3 Å². The first-order valence-corrected chi connectivity index (χ1v) is 14.2. The number of anilines is 2. The summed E-state index contributed by atoms with van der Waals surface area (Å²) in [6, 6.07) is 18.3. The number of rotatable bonds is 7. The Kier molecular flexibility index (Phi) is 8.34. The minimum atomic E-state index is 0.118. The van der Waals surface area contributed by atoms with Crippen LogP contribution in [-0.4, -0.2) is 92.2 Å². The zero-order chi connectivity index (χ0) is 26.5. The summed E-state index contributed by atoms with van der Waals surface area (Å²) in [5.74, 6) is 2.70. The molecule has 2 fully saturated rings. The van der Waals surface area contributed by atoms with Crippen molar-refractivity contribution in [3.05, 3.63) is 71.4 Å². The lowest BCUT2D eigenvalue weighted by molar-refractivity contribution is 0.0664. The molecule has 3 heterocycles. The van der Waals surface area contributed by atoms with Gasteiger partial charge in [0.15, 0.2) is 5.16 Å².